The number of alkyl carbamates (subject to hydrolysis) is 1. The SMILES string of the molecule is CC(=O)O.CC(C)(C)OC(=O)NCC1OB2OC(C)(CO)COc3cccc1c32.CC1(CO)COc2cccc3c2B(OC3CN)O1. The van der Waals surface area contributed by atoms with Crippen LogP contribution in [0.1, 0.15) is 64.9 Å². The average Bonchev–Trinajstić information content (AvgIpc) is 3.44. The molecule has 0 bridgehead atoms. The molecule has 16 heteroatoms. The fraction of sp³-hybridized carbons (Fsp3) is 0.548. The van der Waals surface area contributed by atoms with Crippen LogP contribution in [0.3, 0.4) is 0 Å². The molecule has 0 spiro atoms. The summed E-state index contributed by atoms with van der Waals surface area (Å²) in [5, 5.41) is 29.2. The molecule has 0 radical (unpaired) electrons. The lowest BCUT2D eigenvalue weighted by Gasteiger charge is -2.27. The summed E-state index contributed by atoms with van der Waals surface area (Å²) in [5.74, 6) is 0.602. The maximum Gasteiger partial charge on any atom is 0.499 e. The Labute approximate surface area is 275 Å². The van der Waals surface area contributed by atoms with Crippen LogP contribution in [0.5, 0.6) is 11.5 Å². The van der Waals surface area contributed by atoms with E-state index in [0.29, 0.717) is 18.9 Å². The minimum atomic E-state index is -0.853. The number of nitrogens with one attached hydrogen (secondary N) is 1. The van der Waals surface area contributed by atoms with Crippen LogP contribution in [0.2, 0.25) is 0 Å². The summed E-state index contributed by atoms with van der Waals surface area (Å²) in [6, 6.07) is 11.4. The Morgan fingerprint density at radius 1 is 0.915 bits per heavy atom. The Kier molecular flexibility index (Phi) is 11.5. The van der Waals surface area contributed by atoms with Crippen LogP contribution in [0.4, 0.5) is 4.79 Å². The number of amides is 1. The number of hydrogen-bond acceptors (Lipinski definition) is 12. The van der Waals surface area contributed by atoms with Gasteiger partial charge in [0, 0.05) is 30.9 Å². The first-order chi connectivity index (χ1) is 22.1. The van der Waals surface area contributed by atoms with Gasteiger partial charge >= 0.3 is 20.3 Å². The number of carboxylic acid groups (broad SMARTS) is 1. The number of carbonyl (C=O) groups is 2. The summed E-state index contributed by atoms with van der Waals surface area (Å²) in [5.41, 5.74) is 7.17. The quantitative estimate of drug-likeness (QED) is 0.283. The van der Waals surface area contributed by atoms with Gasteiger partial charge in [-0.3, -0.25) is 4.79 Å². The number of carbonyl (C=O) groups excluding carboxylic acids is 1. The van der Waals surface area contributed by atoms with E-state index < -0.39 is 43.1 Å². The topological polar surface area (TPSA) is 197 Å². The first-order valence-corrected chi connectivity index (χ1v) is 15.4. The van der Waals surface area contributed by atoms with Crippen LogP contribution < -0.4 is 31.4 Å². The number of benzene rings is 2. The largest absolute Gasteiger partial charge is 0.499 e. The Hall–Kier alpha value is -3.37. The standard InChI is InChI=1S/C17H24BNO6.C12H16BNO4.C2H4O2/c1-16(2,3)23-15(21)19-8-13-11-6-5-7-12-14(11)18(24-13)25-17(4,9-20)10-22-12;1-12(6-15)7-16-9-4-2-3-8-10(5-14)17-13(18-12)11(8)9;1-2(3)4/h5-7,13,20H,8-10H2,1-4H3,(H,19,21);2-4,10,15H,5-7,14H2,1H3;1H3,(H,3,4). The average molecular weight is 658 g/mol. The van der Waals surface area contributed by atoms with E-state index >= 15 is 0 Å². The van der Waals surface area contributed by atoms with Gasteiger partial charge in [0.05, 0.1) is 25.4 Å². The van der Waals surface area contributed by atoms with Gasteiger partial charge in [-0.1, -0.05) is 24.3 Å². The zero-order valence-corrected chi connectivity index (χ0v) is 27.6. The van der Waals surface area contributed by atoms with Crippen LogP contribution in [0, 0.1) is 0 Å². The van der Waals surface area contributed by atoms with Crippen molar-refractivity contribution in [3.63, 3.8) is 0 Å². The second-order valence-corrected chi connectivity index (χ2v) is 13.1. The molecule has 0 saturated heterocycles. The molecule has 256 valence electrons. The highest BCUT2D eigenvalue weighted by atomic mass is 16.6. The van der Waals surface area contributed by atoms with Crippen LogP contribution in [0.25, 0.3) is 0 Å². The van der Waals surface area contributed by atoms with E-state index in [1.165, 1.54) is 0 Å². The Morgan fingerprint density at radius 3 is 1.79 bits per heavy atom. The first kappa shape index (κ1) is 36.5. The van der Waals surface area contributed by atoms with Crippen molar-refractivity contribution < 1.29 is 57.7 Å². The Balaban J connectivity index is 0.000000199. The second kappa shape index (κ2) is 14.8. The normalized spacial score (nSPS) is 25.2. The smallest absolute Gasteiger partial charge is 0.491 e. The summed E-state index contributed by atoms with van der Waals surface area (Å²) in [7, 11) is -1.15. The van der Waals surface area contributed by atoms with Gasteiger partial charge in [0.1, 0.15) is 41.5 Å². The van der Waals surface area contributed by atoms with Crippen LogP contribution >= 0.6 is 0 Å². The fourth-order valence-corrected chi connectivity index (χ4v) is 5.24. The van der Waals surface area contributed by atoms with Crippen LogP contribution in [-0.2, 0) is 28.1 Å². The van der Waals surface area contributed by atoms with Crippen LogP contribution in [-0.4, -0.2) is 97.9 Å². The molecule has 0 saturated carbocycles. The van der Waals surface area contributed by atoms with Gasteiger partial charge in [-0.25, -0.2) is 4.79 Å². The minimum absolute atomic E-state index is 0.122. The lowest BCUT2D eigenvalue weighted by Crippen LogP contribution is -2.45. The van der Waals surface area contributed by atoms with Gasteiger partial charge in [0.15, 0.2) is 0 Å². The number of aliphatic hydroxyl groups is 2. The minimum Gasteiger partial charge on any atom is -0.491 e. The van der Waals surface area contributed by atoms with Crippen molar-refractivity contribution >= 4 is 37.2 Å². The molecular formula is C31H44B2N2O12. The van der Waals surface area contributed by atoms with Crippen molar-refractivity contribution in [2.45, 2.75) is 70.6 Å². The van der Waals surface area contributed by atoms with Crippen molar-refractivity contribution in [3.8, 4) is 11.5 Å². The van der Waals surface area contributed by atoms with E-state index in [4.69, 9.17) is 48.5 Å². The number of ether oxygens (including phenoxy) is 3. The van der Waals surface area contributed by atoms with Crippen molar-refractivity contribution in [2.75, 3.05) is 39.5 Å². The lowest BCUT2D eigenvalue weighted by atomic mass is 9.77. The Morgan fingerprint density at radius 2 is 1.36 bits per heavy atom. The summed E-state index contributed by atoms with van der Waals surface area (Å²) in [4.78, 5) is 20.9. The lowest BCUT2D eigenvalue weighted by molar-refractivity contribution is -0.134. The van der Waals surface area contributed by atoms with Crippen LogP contribution in [0.15, 0.2) is 36.4 Å². The molecule has 4 aliphatic rings. The van der Waals surface area contributed by atoms with E-state index in [-0.39, 0.29) is 38.6 Å². The first-order valence-electron chi connectivity index (χ1n) is 15.4. The molecule has 4 aliphatic heterocycles. The number of hydrogen-bond donors (Lipinski definition) is 5. The van der Waals surface area contributed by atoms with Gasteiger partial charge in [-0.2, -0.15) is 0 Å². The van der Waals surface area contributed by atoms with Gasteiger partial charge < -0.3 is 59.2 Å². The van der Waals surface area contributed by atoms with E-state index in [9.17, 15) is 15.0 Å². The molecule has 1 amide bonds. The maximum atomic E-state index is 11.9. The molecule has 2 aromatic carbocycles. The summed E-state index contributed by atoms with van der Waals surface area (Å²) in [6.45, 7) is 11.0. The van der Waals surface area contributed by atoms with E-state index in [1.54, 1.807) is 13.8 Å². The predicted octanol–water partition coefficient (Wildman–Crippen LogP) is 0.801. The molecule has 0 aliphatic carbocycles. The van der Waals surface area contributed by atoms with Crippen molar-refractivity contribution in [1.29, 1.82) is 0 Å². The van der Waals surface area contributed by atoms with E-state index in [0.717, 1.165) is 34.7 Å². The van der Waals surface area contributed by atoms with Gasteiger partial charge in [-0.05, 0) is 57.9 Å². The third-order valence-electron chi connectivity index (χ3n) is 7.50. The molecule has 6 rings (SSSR count). The fourth-order valence-electron chi connectivity index (χ4n) is 5.24. The monoisotopic (exact) mass is 658 g/mol. The Bertz CT molecular complexity index is 1420. The number of aliphatic hydroxyl groups excluding tert-OH is 2. The van der Waals surface area contributed by atoms with Gasteiger partial charge in [0.25, 0.3) is 5.97 Å². The number of aliphatic carboxylic acids is 1. The molecular weight excluding hydrogens is 614 g/mol. The third-order valence-corrected chi connectivity index (χ3v) is 7.50. The molecule has 2 aromatic rings. The molecule has 4 unspecified atom stereocenters. The molecule has 4 heterocycles. The maximum absolute atomic E-state index is 11.9. The van der Waals surface area contributed by atoms with E-state index in [1.807, 2.05) is 57.2 Å². The highest BCUT2D eigenvalue weighted by Gasteiger charge is 2.48. The van der Waals surface area contributed by atoms with Gasteiger partial charge in [0.2, 0.25) is 0 Å². The van der Waals surface area contributed by atoms with Crippen molar-refractivity contribution in [2.24, 2.45) is 5.73 Å². The summed E-state index contributed by atoms with van der Waals surface area (Å²) in [6.07, 6.45) is -1.05. The number of rotatable bonds is 5. The highest BCUT2D eigenvalue weighted by molar-refractivity contribution is 6.64. The summed E-state index contributed by atoms with van der Waals surface area (Å²) < 4.78 is 40.4. The summed E-state index contributed by atoms with van der Waals surface area (Å²) >= 11 is 0. The molecule has 0 fully saturated rings. The zero-order chi connectivity index (χ0) is 34.6. The zero-order valence-electron chi connectivity index (χ0n) is 27.6. The van der Waals surface area contributed by atoms with Crippen molar-refractivity contribution in [1.82, 2.24) is 5.32 Å². The van der Waals surface area contributed by atoms with Crippen molar-refractivity contribution in [3.05, 3.63) is 47.5 Å². The number of nitrogens with two attached hydrogens (primary N) is 1. The van der Waals surface area contributed by atoms with E-state index in [2.05, 4.69) is 5.32 Å². The number of carboxylic acids is 1. The van der Waals surface area contributed by atoms with Gasteiger partial charge in [-0.15, -0.1) is 0 Å². The molecule has 0 aromatic heterocycles. The third kappa shape index (κ3) is 8.96. The second-order valence-electron chi connectivity index (χ2n) is 13.1. The highest BCUT2D eigenvalue weighted by Crippen LogP contribution is 2.34. The molecule has 6 N–H and O–H groups in total. The predicted molar refractivity (Wildman–Crippen MR) is 172 cm³/mol. The molecule has 4 atom stereocenters. The molecule has 14 nitrogen and oxygen atoms in total. The molecule has 47 heavy (non-hydrogen) atoms.